The molecule has 0 radical (unpaired) electrons. The van der Waals surface area contributed by atoms with Crippen molar-refractivity contribution >= 4 is 0 Å². The van der Waals surface area contributed by atoms with Crippen molar-refractivity contribution in [2.45, 2.75) is 20.4 Å². The first-order valence-corrected chi connectivity index (χ1v) is 6.12. The van der Waals surface area contributed by atoms with Crippen LogP contribution in [0.1, 0.15) is 18.2 Å². The van der Waals surface area contributed by atoms with Crippen LogP contribution in [0, 0.1) is 6.92 Å². The van der Waals surface area contributed by atoms with E-state index in [0.29, 0.717) is 13.2 Å². The number of hydrogen-bond donors (Lipinski definition) is 1. The van der Waals surface area contributed by atoms with Gasteiger partial charge in [0.05, 0.1) is 18.0 Å². The molecule has 2 aromatic rings. The van der Waals surface area contributed by atoms with Crippen LogP contribution in [0.2, 0.25) is 0 Å². The molecule has 0 bridgehead atoms. The van der Waals surface area contributed by atoms with Crippen molar-refractivity contribution in [1.82, 2.24) is 9.78 Å². The molecule has 0 aliphatic heterocycles. The van der Waals surface area contributed by atoms with Gasteiger partial charge in [0.25, 0.3) is 0 Å². The van der Waals surface area contributed by atoms with E-state index in [0.717, 1.165) is 28.3 Å². The summed E-state index contributed by atoms with van der Waals surface area (Å²) in [5.74, 6) is 0.933. The van der Waals surface area contributed by atoms with Crippen molar-refractivity contribution < 1.29 is 4.74 Å². The zero-order chi connectivity index (χ0) is 13.1. The van der Waals surface area contributed by atoms with Gasteiger partial charge in [0.15, 0.2) is 0 Å². The monoisotopic (exact) mass is 245 g/mol. The molecule has 0 spiro atoms. The lowest BCUT2D eigenvalue weighted by atomic mass is 10.1. The average Bonchev–Trinajstić information content (AvgIpc) is 2.73. The summed E-state index contributed by atoms with van der Waals surface area (Å²) >= 11 is 0. The van der Waals surface area contributed by atoms with Gasteiger partial charge in [-0.3, -0.25) is 4.68 Å². The largest absolute Gasteiger partial charge is 0.494 e. The Morgan fingerprint density at radius 2 is 2.11 bits per heavy atom. The van der Waals surface area contributed by atoms with Crippen molar-refractivity contribution in [3.05, 3.63) is 35.5 Å². The fourth-order valence-corrected chi connectivity index (χ4v) is 2.02. The number of aryl methyl sites for hydroxylation is 2. The molecule has 2 rings (SSSR count). The van der Waals surface area contributed by atoms with Gasteiger partial charge in [-0.15, -0.1) is 0 Å². The highest BCUT2D eigenvalue weighted by Gasteiger charge is 2.08. The van der Waals surface area contributed by atoms with Gasteiger partial charge in [-0.25, -0.2) is 0 Å². The molecule has 1 heterocycles. The van der Waals surface area contributed by atoms with Gasteiger partial charge < -0.3 is 10.5 Å². The summed E-state index contributed by atoms with van der Waals surface area (Å²) in [4.78, 5) is 0. The maximum Gasteiger partial charge on any atom is 0.122 e. The Kier molecular flexibility index (Phi) is 3.67. The number of hydrogen-bond acceptors (Lipinski definition) is 3. The lowest BCUT2D eigenvalue weighted by Crippen LogP contribution is -1.99. The molecule has 0 saturated heterocycles. The summed E-state index contributed by atoms with van der Waals surface area (Å²) in [6, 6.07) is 8.19. The molecule has 4 nitrogen and oxygen atoms in total. The first-order valence-electron chi connectivity index (χ1n) is 6.12. The molecule has 0 atom stereocenters. The summed E-state index contributed by atoms with van der Waals surface area (Å²) in [6.45, 7) is 5.18. The standard InChI is InChI=1S/C14H19N3O/c1-4-18-14-6-5-11(7-10(14)2)13-8-12(9-15)16-17(13)3/h5-8H,4,9,15H2,1-3H3. The Hall–Kier alpha value is -1.81. The number of nitrogens with zero attached hydrogens (tertiary/aromatic N) is 2. The Labute approximate surface area is 107 Å². The normalized spacial score (nSPS) is 10.7. The Morgan fingerprint density at radius 1 is 1.33 bits per heavy atom. The van der Waals surface area contributed by atoms with Crippen LogP contribution in [0.25, 0.3) is 11.3 Å². The molecule has 1 aromatic heterocycles. The van der Waals surface area contributed by atoms with Crippen LogP contribution in [0.4, 0.5) is 0 Å². The van der Waals surface area contributed by atoms with E-state index in [-0.39, 0.29) is 0 Å². The molecule has 0 aliphatic rings. The number of ether oxygens (including phenoxy) is 1. The Morgan fingerprint density at radius 3 is 2.67 bits per heavy atom. The van der Waals surface area contributed by atoms with Gasteiger partial charge in [0.1, 0.15) is 5.75 Å². The zero-order valence-electron chi connectivity index (χ0n) is 11.1. The SMILES string of the molecule is CCOc1ccc(-c2cc(CN)nn2C)cc1C. The minimum atomic E-state index is 0.462. The third-order valence-electron chi connectivity index (χ3n) is 2.91. The van der Waals surface area contributed by atoms with Gasteiger partial charge in [0, 0.05) is 19.2 Å². The van der Waals surface area contributed by atoms with Crippen LogP contribution in [-0.2, 0) is 13.6 Å². The summed E-state index contributed by atoms with van der Waals surface area (Å²) in [5.41, 5.74) is 9.84. The van der Waals surface area contributed by atoms with Crippen LogP contribution in [0.3, 0.4) is 0 Å². The molecule has 0 aliphatic carbocycles. The summed E-state index contributed by atoms with van der Waals surface area (Å²) in [7, 11) is 1.93. The summed E-state index contributed by atoms with van der Waals surface area (Å²) in [6.07, 6.45) is 0. The van der Waals surface area contributed by atoms with Gasteiger partial charge >= 0.3 is 0 Å². The number of rotatable bonds is 4. The maximum atomic E-state index is 5.61. The molecule has 0 fully saturated rings. The molecule has 18 heavy (non-hydrogen) atoms. The second-order valence-corrected chi connectivity index (χ2v) is 4.26. The predicted molar refractivity (Wildman–Crippen MR) is 72.4 cm³/mol. The molecule has 0 amide bonds. The highest BCUT2D eigenvalue weighted by molar-refractivity contribution is 5.62. The van der Waals surface area contributed by atoms with Gasteiger partial charge in [-0.05, 0) is 43.7 Å². The van der Waals surface area contributed by atoms with Crippen LogP contribution >= 0.6 is 0 Å². The quantitative estimate of drug-likeness (QED) is 0.898. The van der Waals surface area contributed by atoms with Crippen LogP contribution in [-0.4, -0.2) is 16.4 Å². The van der Waals surface area contributed by atoms with Crippen molar-refractivity contribution in [1.29, 1.82) is 0 Å². The van der Waals surface area contributed by atoms with Crippen LogP contribution in [0.15, 0.2) is 24.3 Å². The number of nitrogens with two attached hydrogens (primary N) is 1. The van der Waals surface area contributed by atoms with Crippen LogP contribution < -0.4 is 10.5 Å². The molecule has 1 aromatic carbocycles. The topological polar surface area (TPSA) is 53.1 Å². The predicted octanol–water partition coefficient (Wildman–Crippen LogP) is 2.25. The Bertz CT molecular complexity index is 546. The van der Waals surface area contributed by atoms with Gasteiger partial charge in [-0.2, -0.15) is 5.10 Å². The smallest absolute Gasteiger partial charge is 0.122 e. The van der Waals surface area contributed by atoms with E-state index in [1.165, 1.54) is 0 Å². The van der Waals surface area contributed by atoms with Gasteiger partial charge in [-0.1, -0.05) is 0 Å². The second-order valence-electron chi connectivity index (χ2n) is 4.26. The number of aromatic nitrogens is 2. The number of benzene rings is 1. The zero-order valence-corrected chi connectivity index (χ0v) is 11.1. The lowest BCUT2D eigenvalue weighted by molar-refractivity contribution is 0.338. The second kappa shape index (κ2) is 5.23. The van der Waals surface area contributed by atoms with Crippen molar-refractivity contribution in [2.75, 3.05) is 6.61 Å². The molecule has 0 unspecified atom stereocenters. The molecule has 2 N–H and O–H groups in total. The van der Waals surface area contributed by atoms with E-state index in [9.17, 15) is 0 Å². The third-order valence-corrected chi connectivity index (χ3v) is 2.91. The third kappa shape index (κ3) is 2.38. The fraction of sp³-hybridized carbons (Fsp3) is 0.357. The summed E-state index contributed by atoms with van der Waals surface area (Å²) in [5, 5.41) is 4.35. The van der Waals surface area contributed by atoms with Gasteiger partial charge in [0.2, 0.25) is 0 Å². The minimum absolute atomic E-state index is 0.462. The maximum absolute atomic E-state index is 5.61. The van der Waals surface area contributed by atoms with Crippen molar-refractivity contribution in [3.63, 3.8) is 0 Å². The van der Waals surface area contributed by atoms with E-state index in [2.05, 4.69) is 24.2 Å². The minimum Gasteiger partial charge on any atom is -0.494 e. The summed E-state index contributed by atoms with van der Waals surface area (Å²) < 4.78 is 7.40. The van der Waals surface area contributed by atoms with Crippen LogP contribution in [0.5, 0.6) is 5.75 Å². The fourth-order valence-electron chi connectivity index (χ4n) is 2.02. The highest BCUT2D eigenvalue weighted by Crippen LogP contribution is 2.26. The molecule has 4 heteroatoms. The van der Waals surface area contributed by atoms with E-state index >= 15 is 0 Å². The van der Waals surface area contributed by atoms with Crippen molar-refractivity contribution in [2.24, 2.45) is 12.8 Å². The first-order chi connectivity index (χ1) is 8.65. The molecule has 0 saturated carbocycles. The molecular weight excluding hydrogens is 226 g/mol. The van der Waals surface area contributed by atoms with Crippen molar-refractivity contribution in [3.8, 4) is 17.0 Å². The Balaban J connectivity index is 2.38. The van der Waals surface area contributed by atoms with E-state index in [1.54, 1.807) is 0 Å². The molecule has 96 valence electrons. The van der Waals surface area contributed by atoms with E-state index in [1.807, 2.05) is 30.8 Å². The first kappa shape index (κ1) is 12.6. The lowest BCUT2D eigenvalue weighted by Gasteiger charge is -2.09. The van der Waals surface area contributed by atoms with E-state index < -0.39 is 0 Å². The molecular formula is C14H19N3O. The average molecular weight is 245 g/mol. The highest BCUT2D eigenvalue weighted by atomic mass is 16.5. The van der Waals surface area contributed by atoms with E-state index in [4.69, 9.17) is 10.5 Å².